The maximum Gasteiger partial charge on any atom is 0.510 e. The van der Waals surface area contributed by atoms with Crippen molar-refractivity contribution in [3.05, 3.63) is 18.3 Å². The molecule has 1 rings (SSSR count). The van der Waals surface area contributed by atoms with Crippen molar-refractivity contribution in [1.82, 2.24) is 4.98 Å². The first-order valence-corrected chi connectivity index (χ1v) is 6.50. The van der Waals surface area contributed by atoms with E-state index in [1.807, 2.05) is 0 Å². The lowest BCUT2D eigenvalue weighted by Gasteiger charge is -2.26. The van der Waals surface area contributed by atoms with Gasteiger partial charge >= 0.3 is 12.2 Å². The van der Waals surface area contributed by atoms with E-state index < -0.39 is 18.5 Å². The van der Waals surface area contributed by atoms with E-state index in [4.69, 9.17) is 15.2 Å². The summed E-state index contributed by atoms with van der Waals surface area (Å²) in [6.07, 6.45) is -1.13. The van der Waals surface area contributed by atoms with Crippen molar-refractivity contribution < 1.29 is 23.8 Å². The largest absolute Gasteiger partial charge is 0.510 e. The zero-order chi connectivity index (χ0) is 15.8. The van der Waals surface area contributed by atoms with Gasteiger partial charge < -0.3 is 19.9 Å². The number of carbonyl (C=O) groups is 2. The topological polar surface area (TPSA) is 104 Å². The van der Waals surface area contributed by atoms with E-state index in [1.54, 1.807) is 19.9 Å². The zero-order valence-corrected chi connectivity index (χ0v) is 12.2. The molecule has 0 saturated heterocycles. The third-order valence-corrected chi connectivity index (χ3v) is 2.37. The number of ether oxygens (including phenoxy) is 3. The average molecular weight is 297 g/mol. The van der Waals surface area contributed by atoms with Crippen LogP contribution < -0.4 is 10.6 Å². The van der Waals surface area contributed by atoms with E-state index in [1.165, 1.54) is 19.2 Å². The van der Waals surface area contributed by atoms with Crippen LogP contribution in [0.15, 0.2) is 18.3 Å². The molecule has 8 nitrogen and oxygen atoms in total. The van der Waals surface area contributed by atoms with Gasteiger partial charge in [0, 0.05) is 0 Å². The van der Waals surface area contributed by atoms with E-state index in [0.29, 0.717) is 5.69 Å². The summed E-state index contributed by atoms with van der Waals surface area (Å²) >= 11 is 0. The monoisotopic (exact) mass is 297 g/mol. The van der Waals surface area contributed by atoms with Gasteiger partial charge in [-0.2, -0.15) is 0 Å². The Labute approximate surface area is 122 Å². The first kappa shape index (κ1) is 16.5. The summed E-state index contributed by atoms with van der Waals surface area (Å²) < 4.78 is 14.6. The summed E-state index contributed by atoms with van der Waals surface area (Å²) in [7, 11) is 0. The number of carbonyl (C=O) groups excluding carboxylic acids is 2. The van der Waals surface area contributed by atoms with Crippen LogP contribution in [0.2, 0.25) is 0 Å². The molecule has 0 aromatic carbocycles. The fourth-order valence-electron chi connectivity index (χ4n) is 1.51. The van der Waals surface area contributed by atoms with Gasteiger partial charge in [-0.3, -0.25) is 0 Å². The Hall–Kier alpha value is -2.51. The smallest absolute Gasteiger partial charge is 0.449 e. The summed E-state index contributed by atoms with van der Waals surface area (Å²) in [5.74, 6) is 0.249. The lowest BCUT2D eigenvalue weighted by atomic mass is 10.4. The average Bonchev–Trinajstić information content (AvgIpc) is 2.41. The minimum Gasteiger partial charge on any atom is -0.449 e. The number of nitrogens with zero attached hydrogens (tertiary/aromatic N) is 2. The van der Waals surface area contributed by atoms with Crippen LogP contribution in [-0.2, 0) is 14.2 Å². The van der Waals surface area contributed by atoms with Crippen LogP contribution in [0.4, 0.5) is 21.1 Å². The summed E-state index contributed by atoms with van der Waals surface area (Å²) in [5, 5.41) is 0. The van der Waals surface area contributed by atoms with Crippen LogP contribution in [0, 0.1) is 0 Å². The number of pyridine rings is 1. The lowest BCUT2D eigenvalue weighted by molar-refractivity contribution is 0.0301. The first-order valence-electron chi connectivity index (χ1n) is 6.50. The third kappa shape index (κ3) is 4.83. The van der Waals surface area contributed by atoms with Crippen molar-refractivity contribution in [2.75, 3.05) is 23.8 Å². The fraction of sp³-hybridized carbons (Fsp3) is 0.462. The van der Waals surface area contributed by atoms with Crippen LogP contribution in [0.1, 0.15) is 20.8 Å². The van der Waals surface area contributed by atoms with Gasteiger partial charge in [0.25, 0.3) is 0 Å². The van der Waals surface area contributed by atoms with Crippen molar-refractivity contribution in [3.8, 4) is 0 Å². The van der Waals surface area contributed by atoms with E-state index in [9.17, 15) is 9.59 Å². The molecule has 1 heterocycles. The Morgan fingerprint density at radius 1 is 1.29 bits per heavy atom. The Bertz CT molecular complexity index is 477. The number of amides is 1. The Balaban J connectivity index is 2.93. The molecule has 1 aromatic rings. The van der Waals surface area contributed by atoms with Crippen LogP contribution in [0.5, 0.6) is 0 Å². The first-order chi connectivity index (χ1) is 9.99. The highest BCUT2D eigenvalue weighted by Crippen LogP contribution is 2.18. The molecule has 0 aliphatic rings. The molecule has 1 atom stereocenters. The molecule has 1 aromatic heterocycles. The Morgan fingerprint density at radius 2 is 1.95 bits per heavy atom. The molecule has 2 N–H and O–H groups in total. The van der Waals surface area contributed by atoms with Crippen LogP contribution in [0.3, 0.4) is 0 Å². The number of hydrogen-bond donors (Lipinski definition) is 1. The number of aromatic nitrogens is 1. The summed E-state index contributed by atoms with van der Waals surface area (Å²) in [6.45, 7) is 5.17. The van der Waals surface area contributed by atoms with Crippen LogP contribution in [-0.4, -0.2) is 36.7 Å². The molecule has 1 amide bonds. The summed E-state index contributed by atoms with van der Waals surface area (Å²) in [6, 6.07) is 3.10. The molecular formula is C13H19N3O5. The van der Waals surface area contributed by atoms with E-state index in [0.717, 1.165) is 4.90 Å². The Kier molecular flexibility index (Phi) is 6.25. The number of nitrogens with two attached hydrogens (primary N) is 1. The van der Waals surface area contributed by atoms with Gasteiger partial charge in [0.2, 0.25) is 0 Å². The van der Waals surface area contributed by atoms with Gasteiger partial charge in [-0.05, 0) is 32.9 Å². The normalized spacial score (nSPS) is 11.4. The molecule has 0 saturated carbocycles. The summed E-state index contributed by atoms with van der Waals surface area (Å²) in [5.41, 5.74) is 6.00. The SMILES string of the molecule is CCOC(=O)OC(C)N(C(=O)OCC)c1ccc(N)cn1. The molecule has 0 spiro atoms. The minimum absolute atomic E-state index is 0.172. The van der Waals surface area contributed by atoms with E-state index >= 15 is 0 Å². The standard InChI is InChI=1S/C13H19N3O5/c1-4-19-12(17)16(9(3)21-13(18)20-5-2)11-7-6-10(14)8-15-11/h6-9H,4-5,14H2,1-3H3. The second-order valence-electron chi connectivity index (χ2n) is 3.92. The molecule has 0 bridgehead atoms. The number of nitrogen functional groups attached to an aromatic ring is 1. The lowest BCUT2D eigenvalue weighted by Crippen LogP contribution is -2.42. The van der Waals surface area contributed by atoms with Crippen molar-refractivity contribution in [3.63, 3.8) is 0 Å². The highest BCUT2D eigenvalue weighted by Gasteiger charge is 2.27. The van der Waals surface area contributed by atoms with Crippen molar-refractivity contribution in [2.24, 2.45) is 0 Å². The minimum atomic E-state index is -0.945. The molecule has 0 aliphatic carbocycles. The molecule has 21 heavy (non-hydrogen) atoms. The van der Waals surface area contributed by atoms with Gasteiger partial charge in [0.05, 0.1) is 25.1 Å². The van der Waals surface area contributed by atoms with Gasteiger partial charge in [-0.15, -0.1) is 0 Å². The molecule has 0 aliphatic heterocycles. The summed E-state index contributed by atoms with van der Waals surface area (Å²) in [4.78, 5) is 28.5. The quantitative estimate of drug-likeness (QED) is 0.655. The number of hydrogen-bond acceptors (Lipinski definition) is 7. The highest BCUT2D eigenvalue weighted by atomic mass is 16.7. The van der Waals surface area contributed by atoms with Crippen molar-refractivity contribution >= 4 is 23.8 Å². The Morgan fingerprint density at radius 3 is 2.48 bits per heavy atom. The van der Waals surface area contributed by atoms with Crippen LogP contribution >= 0.6 is 0 Å². The van der Waals surface area contributed by atoms with E-state index in [-0.39, 0.29) is 19.0 Å². The number of anilines is 2. The van der Waals surface area contributed by atoms with Crippen molar-refractivity contribution in [1.29, 1.82) is 0 Å². The van der Waals surface area contributed by atoms with E-state index in [2.05, 4.69) is 9.72 Å². The fourth-order valence-corrected chi connectivity index (χ4v) is 1.51. The second-order valence-corrected chi connectivity index (χ2v) is 3.92. The maximum absolute atomic E-state index is 12.0. The molecular weight excluding hydrogens is 278 g/mol. The third-order valence-electron chi connectivity index (χ3n) is 2.37. The second kappa shape index (κ2) is 7.93. The van der Waals surface area contributed by atoms with Gasteiger partial charge in [0.15, 0.2) is 6.23 Å². The molecule has 1 unspecified atom stereocenters. The predicted molar refractivity (Wildman–Crippen MR) is 75.7 cm³/mol. The number of rotatable bonds is 5. The zero-order valence-electron chi connectivity index (χ0n) is 12.2. The predicted octanol–water partition coefficient (Wildman–Crippen LogP) is 2.15. The maximum atomic E-state index is 12.0. The van der Waals surface area contributed by atoms with Gasteiger partial charge in [-0.1, -0.05) is 0 Å². The molecule has 8 heteroatoms. The molecule has 116 valence electrons. The highest BCUT2D eigenvalue weighted by molar-refractivity contribution is 5.87. The van der Waals surface area contributed by atoms with Gasteiger partial charge in [-0.25, -0.2) is 19.5 Å². The van der Waals surface area contributed by atoms with Crippen molar-refractivity contribution in [2.45, 2.75) is 27.0 Å². The van der Waals surface area contributed by atoms with Crippen LogP contribution in [0.25, 0.3) is 0 Å². The van der Waals surface area contributed by atoms with Gasteiger partial charge in [0.1, 0.15) is 5.82 Å². The molecule has 0 fully saturated rings. The molecule has 0 radical (unpaired) electrons.